The lowest BCUT2D eigenvalue weighted by Gasteiger charge is -2.41. The second kappa shape index (κ2) is 8.93. The predicted molar refractivity (Wildman–Crippen MR) is 151 cm³/mol. The minimum atomic E-state index is -0.331. The fraction of sp³-hybridized carbons (Fsp3) is 0.400. The maximum atomic E-state index is 6.67. The first-order chi connectivity index (χ1) is 17.7. The van der Waals surface area contributed by atoms with E-state index in [0.29, 0.717) is 6.37 Å². The quantitative estimate of drug-likeness (QED) is 0.335. The molecule has 1 aromatic carbocycles. The van der Waals surface area contributed by atoms with Gasteiger partial charge in [0.15, 0.2) is 5.82 Å². The molecule has 7 rings (SSSR count). The van der Waals surface area contributed by atoms with Crippen molar-refractivity contribution in [2.45, 2.75) is 43.5 Å². The number of para-hydroxylation sites is 1. The summed E-state index contributed by atoms with van der Waals surface area (Å²) in [6, 6.07) is 12.3. The minimum absolute atomic E-state index is 0.0416. The molecule has 3 atom stereocenters. The summed E-state index contributed by atoms with van der Waals surface area (Å²) >= 11 is 2.41. The minimum Gasteiger partial charge on any atom is -0.485 e. The van der Waals surface area contributed by atoms with Gasteiger partial charge in [0, 0.05) is 44.2 Å². The molecular formula is C25H28IN8OP. The van der Waals surface area contributed by atoms with Crippen molar-refractivity contribution in [2.75, 3.05) is 34.2 Å². The number of aromatic nitrogens is 3. The fourth-order valence-corrected chi connectivity index (χ4v) is 7.55. The van der Waals surface area contributed by atoms with Gasteiger partial charge in [-0.2, -0.15) is 0 Å². The van der Waals surface area contributed by atoms with Crippen LogP contribution in [0.3, 0.4) is 0 Å². The van der Waals surface area contributed by atoms with Gasteiger partial charge in [0.25, 0.3) is 0 Å². The molecule has 0 radical (unpaired) electrons. The van der Waals surface area contributed by atoms with Crippen LogP contribution < -0.4 is 30.5 Å². The summed E-state index contributed by atoms with van der Waals surface area (Å²) in [6.07, 6.45) is 8.10. The van der Waals surface area contributed by atoms with Crippen molar-refractivity contribution in [1.29, 1.82) is 0 Å². The van der Waals surface area contributed by atoms with Crippen molar-refractivity contribution in [1.82, 2.24) is 20.4 Å². The summed E-state index contributed by atoms with van der Waals surface area (Å²) < 4.78 is 8.57. The summed E-state index contributed by atoms with van der Waals surface area (Å²) in [5.41, 5.74) is 14.4. The topological polar surface area (TPSA) is 95.7 Å². The third-order valence-electron chi connectivity index (χ3n) is 7.94. The number of halogens is 1. The van der Waals surface area contributed by atoms with E-state index in [1.165, 1.54) is 5.69 Å². The number of ether oxygens (including phenoxy) is 1. The van der Waals surface area contributed by atoms with Crippen molar-refractivity contribution in [2.24, 2.45) is 5.73 Å². The van der Waals surface area contributed by atoms with E-state index < -0.39 is 0 Å². The normalized spacial score (nSPS) is 24.2. The summed E-state index contributed by atoms with van der Waals surface area (Å²) in [5, 5.41) is 0. The van der Waals surface area contributed by atoms with Gasteiger partial charge in [-0.25, -0.2) is 15.4 Å². The number of hydrogen-bond donors (Lipinski definition) is 2. The van der Waals surface area contributed by atoms with Crippen molar-refractivity contribution >= 4 is 45.7 Å². The number of benzene rings is 1. The molecule has 1 spiro atoms. The van der Waals surface area contributed by atoms with Gasteiger partial charge in [0.05, 0.1) is 30.0 Å². The lowest BCUT2D eigenvalue weighted by atomic mass is 9.83. The highest BCUT2D eigenvalue weighted by Gasteiger charge is 2.48. The van der Waals surface area contributed by atoms with E-state index in [1.807, 2.05) is 36.7 Å². The Bertz CT molecular complexity index is 1300. The summed E-state index contributed by atoms with van der Waals surface area (Å²) in [5.74, 6) is 2.76. The Kier molecular flexibility index (Phi) is 5.68. The van der Waals surface area contributed by atoms with Gasteiger partial charge in [-0.15, -0.1) is 0 Å². The van der Waals surface area contributed by atoms with E-state index in [-0.39, 0.29) is 17.8 Å². The zero-order valence-corrected chi connectivity index (χ0v) is 22.9. The van der Waals surface area contributed by atoms with E-state index in [2.05, 4.69) is 59.2 Å². The lowest BCUT2D eigenvalue weighted by Crippen LogP contribution is -2.51. The van der Waals surface area contributed by atoms with E-state index in [1.54, 1.807) is 0 Å². The summed E-state index contributed by atoms with van der Waals surface area (Å²) in [4.78, 5) is 19.4. The van der Waals surface area contributed by atoms with Crippen molar-refractivity contribution in [3.8, 4) is 5.75 Å². The van der Waals surface area contributed by atoms with Gasteiger partial charge in [-0.05, 0) is 53.1 Å². The van der Waals surface area contributed by atoms with Crippen LogP contribution in [0.4, 0.5) is 17.3 Å². The third-order valence-corrected chi connectivity index (χ3v) is 9.90. The molecule has 0 bridgehead atoms. The number of anilines is 3. The number of hydrogen-bond acceptors (Lipinski definition) is 9. The molecule has 4 aliphatic heterocycles. The van der Waals surface area contributed by atoms with E-state index in [4.69, 9.17) is 20.4 Å². The molecular weight excluding hydrogens is 586 g/mol. The molecule has 36 heavy (non-hydrogen) atoms. The summed E-state index contributed by atoms with van der Waals surface area (Å²) in [7, 11) is 0. The standard InChI is InChI=1S/C25H28IN8OP/c26-36-34-23-21(24(31-34)33-12-4-6-17-18(33)7-3-11-28-17)29-15-20(30-23)32-13-9-25(10-14-32)22(27)16-5-1-2-8-19(16)35-25/h1-3,5,7-8,11,15,22,24,31,36H,4,6,9-10,12-14,27H2. The van der Waals surface area contributed by atoms with E-state index in [9.17, 15) is 0 Å². The Morgan fingerprint density at radius 1 is 1.11 bits per heavy atom. The average molecular weight is 614 g/mol. The molecule has 3 unspecified atom stereocenters. The number of piperidine rings is 1. The third kappa shape index (κ3) is 3.56. The highest BCUT2D eigenvalue weighted by atomic mass is 127. The van der Waals surface area contributed by atoms with Crippen LogP contribution in [0.2, 0.25) is 0 Å². The molecule has 9 nitrogen and oxygen atoms in total. The van der Waals surface area contributed by atoms with Gasteiger partial charge >= 0.3 is 0 Å². The zero-order chi connectivity index (χ0) is 24.3. The lowest BCUT2D eigenvalue weighted by molar-refractivity contribution is 0.0431. The van der Waals surface area contributed by atoms with Crippen LogP contribution in [0.1, 0.15) is 48.4 Å². The number of fused-ring (bicyclic) bond motifs is 3. The van der Waals surface area contributed by atoms with Gasteiger partial charge in [-0.1, -0.05) is 18.2 Å². The number of nitrogens with two attached hydrogens (primary N) is 1. The van der Waals surface area contributed by atoms with Crippen LogP contribution >= 0.6 is 28.4 Å². The molecule has 186 valence electrons. The number of hydrazine groups is 1. The average Bonchev–Trinajstić information content (AvgIpc) is 3.43. The van der Waals surface area contributed by atoms with Gasteiger partial charge in [0.1, 0.15) is 29.0 Å². The van der Waals surface area contributed by atoms with Crippen molar-refractivity contribution in [3.63, 3.8) is 0 Å². The van der Waals surface area contributed by atoms with Crippen LogP contribution in [0.15, 0.2) is 48.8 Å². The monoisotopic (exact) mass is 614 g/mol. The van der Waals surface area contributed by atoms with Crippen LogP contribution in [-0.2, 0) is 6.42 Å². The molecule has 0 saturated carbocycles. The smallest absolute Gasteiger partial charge is 0.174 e. The molecule has 2 aromatic heterocycles. The first kappa shape index (κ1) is 22.9. The molecule has 0 aliphatic carbocycles. The Hall–Kier alpha value is -2.27. The van der Waals surface area contributed by atoms with Crippen LogP contribution in [-0.4, -0.2) is 40.2 Å². The van der Waals surface area contributed by atoms with Gasteiger partial charge in [0.2, 0.25) is 0 Å². The maximum Gasteiger partial charge on any atom is 0.174 e. The first-order valence-corrected chi connectivity index (χ1v) is 16.5. The molecule has 1 saturated heterocycles. The van der Waals surface area contributed by atoms with Crippen LogP contribution in [0.25, 0.3) is 0 Å². The molecule has 6 heterocycles. The SMILES string of the molecule is NC1c2ccccc2OC12CCN(c1cnc3c(n1)N(PI)NC3N1CCCc3ncccc31)CC2. The Labute approximate surface area is 225 Å². The fourth-order valence-electron chi connectivity index (χ4n) is 6.03. The van der Waals surface area contributed by atoms with Crippen molar-refractivity contribution in [3.05, 3.63) is 65.7 Å². The van der Waals surface area contributed by atoms with Gasteiger partial charge < -0.3 is 20.3 Å². The Balaban J connectivity index is 1.13. The Morgan fingerprint density at radius 3 is 2.81 bits per heavy atom. The van der Waals surface area contributed by atoms with Crippen LogP contribution in [0, 0.1) is 0 Å². The predicted octanol–water partition coefficient (Wildman–Crippen LogP) is 4.02. The number of aryl methyl sites for hydroxylation is 1. The zero-order valence-electron chi connectivity index (χ0n) is 19.8. The maximum absolute atomic E-state index is 6.67. The molecule has 3 aromatic rings. The second-order valence-corrected chi connectivity index (χ2v) is 11.9. The molecule has 0 amide bonds. The second-order valence-electron chi connectivity index (χ2n) is 9.82. The highest BCUT2D eigenvalue weighted by molar-refractivity contribution is 14.2. The molecule has 1 fully saturated rings. The number of nitrogens with zero attached hydrogens (tertiary/aromatic N) is 6. The van der Waals surface area contributed by atoms with E-state index >= 15 is 0 Å². The van der Waals surface area contributed by atoms with Crippen molar-refractivity contribution < 1.29 is 4.74 Å². The van der Waals surface area contributed by atoms with E-state index in [0.717, 1.165) is 79.7 Å². The first-order valence-electron chi connectivity index (χ1n) is 12.5. The highest BCUT2D eigenvalue weighted by Crippen LogP contribution is 2.48. The molecule has 11 heteroatoms. The number of rotatable bonds is 3. The van der Waals surface area contributed by atoms with Gasteiger partial charge in [-0.3, -0.25) is 9.76 Å². The summed E-state index contributed by atoms with van der Waals surface area (Å²) in [6.45, 7) is 2.64. The largest absolute Gasteiger partial charge is 0.485 e. The molecule has 4 aliphatic rings. The van der Waals surface area contributed by atoms with Crippen LogP contribution in [0.5, 0.6) is 5.75 Å². The Morgan fingerprint density at radius 2 is 1.97 bits per heavy atom. The number of pyridine rings is 1. The molecule has 3 N–H and O–H groups in total. The number of nitrogens with one attached hydrogen (secondary N) is 1.